The fraction of sp³-hybridized carbons (Fsp3) is 0.500. The van der Waals surface area contributed by atoms with Crippen molar-refractivity contribution >= 4 is 18.3 Å². The number of carbonyl (C=O) groups excluding carboxylic acids is 1. The molecule has 0 radical (unpaired) electrons. The molecule has 1 rings (SSSR count). The molecule has 2 N–H and O–H groups in total. The molecule has 0 aliphatic carbocycles. The molecule has 1 unspecified atom stereocenters. The molecular formula is C14H20ClF3N2O2. The molecule has 1 atom stereocenters. The van der Waals surface area contributed by atoms with E-state index in [0.717, 1.165) is 5.56 Å². The molecule has 0 aromatic heterocycles. The fourth-order valence-electron chi connectivity index (χ4n) is 1.63. The molecule has 0 bridgehead atoms. The van der Waals surface area contributed by atoms with E-state index in [1.165, 1.54) is 12.1 Å². The highest BCUT2D eigenvalue weighted by Crippen LogP contribution is 2.18. The van der Waals surface area contributed by atoms with Crippen molar-refractivity contribution in [3.05, 3.63) is 29.8 Å². The number of hydrogen-bond donors (Lipinski definition) is 2. The third kappa shape index (κ3) is 8.09. The molecule has 22 heavy (non-hydrogen) atoms. The number of carbonyl (C=O) groups is 1. The number of amides is 1. The maximum atomic E-state index is 12.0. The largest absolute Gasteiger partial charge is 0.484 e. The molecule has 0 spiro atoms. The van der Waals surface area contributed by atoms with Crippen molar-refractivity contribution in [1.29, 1.82) is 0 Å². The van der Waals surface area contributed by atoms with Gasteiger partial charge in [-0.3, -0.25) is 4.79 Å². The van der Waals surface area contributed by atoms with Gasteiger partial charge >= 0.3 is 6.18 Å². The summed E-state index contributed by atoms with van der Waals surface area (Å²) in [5.74, 6) is -0.0860. The van der Waals surface area contributed by atoms with Crippen LogP contribution in [0.4, 0.5) is 13.2 Å². The average molecular weight is 341 g/mol. The number of ether oxygens (including phenoxy) is 1. The van der Waals surface area contributed by atoms with E-state index < -0.39 is 12.8 Å². The summed E-state index contributed by atoms with van der Waals surface area (Å²) in [6, 6.07) is 6.14. The van der Waals surface area contributed by atoms with Crippen LogP contribution in [0, 0.1) is 5.92 Å². The Morgan fingerprint density at radius 1 is 1.27 bits per heavy atom. The Labute approximate surface area is 133 Å². The van der Waals surface area contributed by atoms with Crippen molar-refractivity contribution in [2.24, 2.45) is 5.92 Å². The highest BCUT2D eigenvalue weighted by molar-refractivity contribution is 5.85. The van der Waals surface area contributed by atoms with E-state index >= 15 is 0 Å². The molecule has 0 heterocycles. The maximum absolute atomic E-state index is 12.0. The first-order chi connectivity index (χ1) is 9.81. The number of halogens is 4. The van der Waals surface area contributed by atoms with Gasteiger partial charge in [-0.05, 0) is 24.7 Å². The lowest BCUT2D eigenvalue weighted by molar-refractivity contribution is -0.153. The Hall–Kier alpha value is -1.47. The van der Waals surface area contributed by atoms with Crippen molar-refractivity contribution in [3.8, 4) is 5.75 Å². The van der Waals surface area contributed by atoms with E-state index in [0.29, 0.717) is 13.1 Å². The summed E-state index contributed by atoms with van der Waals surface area (Å²) in [4.78, 5) is 11.7. The predicted octanol–water partition coefficient (Wildman–Crippen LogP) is 2.52. The highest BCUT2D eigenvalue weighted by Gasteiger charge is 2.28. The standard InChI is InChI=1S/C14H19F3N2O2.ClH/c1-10(7-18-2)13(20)19-8-11-3-5-12(6-4-11)21-9-14(15,16)17;/h3-6,10,18H,7-9H2,1-2H3,(H,19,20);1H. The quantitative estimate of drug-likeness (QED) is 0.802. The molecule has 1 aromatic carbocycles. The van der Waals surface area contributed by atoms with Crippen LogP contribution in [0.5, 0.6) is 5.75 Å². The van der Waals surface area contributed by atoms with Gasteiger partial charge in [0.2, 0.25) is 5.91 Å². The second-order valence-electron chi connectivity index (χ2n) is 4.72. The number of hydrogen-bond acceptors (Lipinski definition) is 3. The van der Waals surface area contributed by atoms with Gasteiger partial charge in [-0.25, -0.2) is 0 Å². The van der Waals surface area contributed by atoms with E-state index in [2.05, 4.69) is 15.4 Å². The Morgan fingerprint density at radius 3 is 2.36 bits per heavy atom. The van der Waals surface area contributed by atoms with Crippen molar-refractivity contribution in [3.63, 3.8) is 0 Å². The zero-order chi connectivity index (χ0) is 15.9. The van der Waals surface area contributed by atoms with Crippen LogP contribution in [-0.4, -0.2) is 32.3 Å². The monoisotopic (exact) mass is 340 g/mol. The average Bonchev–Trinajstić information content (AvgIpc) is 2.43. The van der Waals surface area contributed by atoms with Gasteiger partial charge in [0, 0.05) is 19.0 Å². The second-order valence-corrected chi connectivity index (χ2v) is 4.72. The van der Waals surface area contributed by atoms with E-state index in [-0.39, 0.29) is 30.0 Å². The summed E-state index contributed by atoms with van der Waals surface area (Å²) < 4.78 is 40.6. The minimum Gasteiger partial charge on any atom is -0.484 e. The maximum Gasteiger partial charge on any atom is 0.422 e. The van der Waals surface area contributed by atoms with Crippen LogP contribution < -0.4 is 15.4 Å². The fourth-order valence-corrected chi connectivity index (χ4v) is 1.63. The zero-order valence-corrected chi connectivity index (χ0v) is 13.2. The summed E-state index contributed by atoms with van der Waals surface area (Å²) >= 11 is 0. The molecule has 0 saturated heterocycles. The lowest BCUT2D eigenvalue weighted by atomic mass is 10.1. The molecule has 1 amide bonds. The Morgan fingerprint density at radius 2 is 1.86 bits per heavy atom. The zero-order valence-electron chi connectivity index (χ0n) is 12.4. The van der Waals surface area contributed by atoms with Crippen LogP contribution in [0.3, 0.4) is 0 Å². The Bertz CT molecular complexity index is 452. The molecule has 0 aliphatic heterocycles. The molecule has 126 valence electrons. The third-order valence-corrected chi connectivity index (χ3v) is 2.75. The molecule has 1 aromatic rings. The molecule has 0 saturated carbocycles. The van der Waals surface area contributed by atoms with Gasteiger partial charge in [0.05, 0.1) is 0 Å². The summed E-state index contributed by atoms with van der Waals surface area (Å²) in [5.41, 5.74) is 0.791. The van der Waals surface area contributed by atoms with Gasteiger partial charge in [-0.15, -0.1) is 12.4 Å². The van der Waals surface area contributed by atoms with Gasteiger partial charge in [-0.2, -0.15) is 13.2 Å². The highest BCUT2D eigenvalue weighted by atomic mass is 35.5. The van der Waals surface area contributed by atoms with Crippen LogP contribution >= 0.6 is 12.4 Å². The number of nitrogens with one attached hydrogen (secondary N) is 2. The first-order valence-corrected chi connectivity index (χ1v) is 6.52. The summed E-state index contributed by atoms with van der Waals surface area (Å²) in [6.45, 7) is 1.40. The van der Waals surface area contributed by atoms with Crippen LogP contribution in [0.2, 0.25) is 0 Å². The molecule has 4 nitrogen and oxygen atoms in total. The Balaban J connectivity index is 0.00000441. The summed E-state index contributed by atoms with van der Waals surface area (Å²) in [7, 11) is 1.77. The minimum atomic E-state index is -4.35. The molecular weight excluding hydrogens is 321 g/mol. The molecule has 0 aliphatic rings. The van der Waals surface area contributed by atoms with E-state index in [1.54, 1.807) is 26.1 Å². The lowest BCUT2D eigenvalue weighted by Gasteiger charge is -2.12. The topological polar surface area (TPSA) is 50.4 Å². The number of benzene rings is 1. The van der Waals surface area contributed by atoms with Crippen LogP contribution in [0.25, 0.3) is 0 Å². The first kappa shape index (κ1) is 20.5. The summed E-state index contributed by atoms with van der Waals surface area (Å²) in [6.07, 6.45) is -4.35. The van der Waals surface area contributed by atoms with Gasteiger partial charge in [0.25, 0.3) is 0 Å². The van der Waals surface area contributed by atoms with E-state index in [9.17, 15) is 18.0 Å². The smallest absolute Gasteiger partial charge is 0.422 e. The van der Waals surface area contributed by atoms with E-state index in [1.807, 2.05) is 0 Å². The van der Waals surface area contributed by atoms with Crippen LogP contribution in [-0.2, 0) is 11.3 Å². The SMILES string of the molecule is CNCC(C)C(=O)NCc1ccc(OCC(F)(F)F)cc1.Cl. The van der Waals surface area contributed by atoms with Gasteiger partial charge in [0.1, 0.15) is 5.75 Å². The number of alkyl halides is 3. The van der Waals surface area contributed by atoms with Crippen molar-refractivity contribution in [1.82, 2.24) is 10.6 Å². The van der Waals surface area contributed by atoms with Crippen molar-refractivity contribution in [2.45, 2.75) is 19.6 Å². The molecule has 8 heteroatoms. The second kappa shape index (κ2) is 9.53. The van der Waals surface area contributed by atoms with Crippen LogP contribution in [0.15, 0.2) is 24.3 Å². The van der Waals surface area contributed by atoms with E-state index in [4.69, 9.17) is 0 Å². The van der Waals surface area contributed by atoms with Crippen molar-refractivity contribution < 1.29 is 22.7 Å². The predicted molar refractivity (Wildman–Crippen MR) is 80.2 cm³/mol. The Kier molecular flexibility index (Phi) is 8.89. The normalized spacial score (nSPS) is 12.2. The first-order valence-electron chi connectivity index (χ1n) is 6.52. The molecule has 0 fully saturated rings. The minimum absolute atomic E-state index is 0. The summed E-state index contributed by atoms with van der Waals surface area (Å²) in [5, 5.41) is 5.67. The number of rotatable bonds is 7. The van der Waals surface area contributed by atoms with Gasteiger partial charge in [0.15, 0.2) is 6.61 Å². The van der Waals surface area contributed by atoms with Gasteiger partial charge < -0.3 is 15.4 Å². The lowest BCUT2D eigenvalue weighted by Crippen LogP contribution is -2.33. The van der Waals surface area contributed by atoms with Gasteiger partial charge in [-0.1, -0.05) is 19.1 Å². The third-order valence-electron chi connectivity index (χ3n) is 2.75. The van der Waals surface area contributed by atoms with Crippen LogP contribution in [0.1, 0.15) is 12.5 Å². The van der Waals surface area contributed by atoms with Crippen molar-refractivity contribution in [2.75, 3.05) is 20.2 Å².